The van der Waals surface area contributed by atoms with Gasteiger partial charge >= 0.3 is 0 Å². The summed E-state index contributed by atoms with van der Waals surface area (Å²) in [5.74, 6) is -0.0253. The number of piperidine rings is 1. The minimum atomic E-state index is -0.250. The molecule has 1 saturated heterocycles. The van der Waals surface area contributed by atoms with E-state index in [4.69, 9.17) is 15.6 Å². The van der Waals surface area contributed by atoms with Gasteiger partial charge in [0.05, 0.1) is 11.9 Å². The van der Waals surface area contributed by atoms with Crippen LogP contribution in [0.25, 0.3) is 0 Å². The van der Waals surface area contributed by atoms with Crippen LogP contribution in [0.1, 0.15) is 35.4 Å². The van der Waals surface area contributed by atoms with Gasteiger partial charge in [-0.3, -0.25) is 14.6 Å². The molecule has 2 aromatic heterocycles. The fourth-order valence-corrected chi connectivity index (χ4v) is 3.47. The molecule has 0 spiro atoms. The molecule has 9 nitrogen and oxygen atoms in total. The van der Waals surface area contributed by atoms with Crippen LogP contribution in [0.5, 0.6) is 0 Å². The molecule has 27 heavy (non-hydrogen) atoms. The molecule has 0 radical (unpaired) electrons. The summed E-state index contributed by atoms with van der Waals surface area (Å²) in [6.45, 7) is 2.23. The molecule has 4 N–H and O–H groups in total. The Balaban J connectivity index is 0.000000817. The minimum Gasteiger partial charge on any atom is -0.483 e. The molecule has 0 bridgehead atoms. The molecule has 3 rings (SSSR count). The number of rotatable bonds is 6. The van der Waals surface area contributed by atoms with Gasteiger partial charge in [-0.15, -0.1) is 11.3 Å². The Morgan fingerprint density at radius 1 is 1.41 bits per heavy atom. The Morgan fingerprint density at radius 2 is 2.15 bits per heavy atom. The third-order valence-corrected chi connectivity index (χ3v) is 4.90. The van der Waals surface area contributed by atoms with Crippen LogP contribution < -0.4 is 11.1 Å². The molecule has 1 aliphatic rings. The van der Waals surface area contributed by atoms with E-state index >= 15 is 0 Å². The number of carbonyl (C=O) groups excluding carboxylic acids is 1. The maximum Gasteiger partial charge on any atom is 0.290 e. The highest BCUT2D eigenvalue weighted by Crippen LogP contribution is 2.14. The van der Waals surface area contributed by atoms with Gasteiger partial charge in [0, 0.05) is 36.9 Å². The predicted molar refractivity (Wildman–Crippen MR) is 103 cm³/mol. The van der Waals surface area contributed by atoms with Crippen molar-refractivity contribution in [2.45, 2.75) is 31.7 Å². The second kappa shape index (κ2) is 11.2. The van der Waals surface area contributed by atoms with Gasteiger partial charge in [0.2, 0.25) is 0 Å². The van der Waals surface area contributed by atoms with E-state index in [1.165, 1.54) is 17.5 Å². The zero-order chi connectivity index (χ0) is 19.5. The fourth-order valence-electron chi connectivity index (χ4n) is 2.87. The molecule has 146 valence electrons. The largest absolute Gasteiger partial charge is 0.483 e. The quantitative estimate of drug-likeness (QED) is 0.490. The highest BCUT2D eigenvalue weighted by Gasteiger charge is 2.23. The summed E-state index contributed by atoms with van der Waals surface area (Å²) in [5, 5.41) is 13.1. The molecule has 1 fully saturated rings. The molecule has 0 saturated carbocycles. The van der Waals surface area contributed by atoms with E-state index in [1.54, 1.807) is 12.4 Å². The molecular weight excluding hydrogens is 368 g/mol. The van der Waals surface area contributed by atoms with Crippen LogP contribution in [-0.4, -0.2) is 63.0 Å². The Bertz CT molecular complexity index is 704. The summed E-state index contributed by atoms with van der Waals surface area (Å²) in [7, 11) is 0. The van der Waals surface area contributed by atoms with Crippen molar-refractivity contribution >= 4 is 28.8 Å². The van der Waals surface area contributed by atoms with Gasteiger partial charge in [-0.05, 0) is 32.2 Å². The summed E-state index contributed by atoms with van der Waals surface area (Å²) >= 11 is 1.49. The molecule has 1 amide bonds. The number of nitrogens with one attached hydrogen (secondary N) is 1. The summed E-state index contributed by atoms with van der Waals surface area (Å²) in [6.07, 6.45) is 8.58. The van der Waals surface area contributed by atoms with Crippen molar-refractivity contribution in [2.24, 2.45) is 0 Å². The first-order valence-corrected chi connectivity index (χ1v) is 9.58. The molecule has 1 aliphatic heterocycles. The van der Waals surface area contributed by atoms with Gasteiger partial charge in [-0.2, -0.15) is 0 Å². The van der Waals surface area contributed by atoms with Crippen LogP contribution >= 0.6 is 11.3 Å². The number of carboxylic acid groups (broad SMARTS) is 1. The maximum atomic E-state index is 12.3. The lowest BCUT2D eigenvalue weighted by Crippen LogP contribution is -2.45. The number of nitrogens with two attached hydrogens (primary N) is 1. The van der Waals surface area contributed by atoms with Gasteiger partial charge in [0.1, 0.15) is 5.69 Å². The van der Waals surface area contributed by atoms with Gasteiger partial charge in [0.25, 0.3) is 12.4 Å². The van der Waals surface area contributed by atoms with Crippen molar-refractivity contribution in [1.82, 2.24) is 25.2 Å². The zero-order valence-corrected chi connectivity index (χ0v) is 15.8. The summed E-state index contributed by atoms with van der Waals surface area (Å²) in [5.41, 5.74) is 7.13. The molecule has 0 aromatic carbocycles. The van der Waals surface area contributed by atoms with Crippen LogP contribution in [0.3, 0.4) is 0 Å². The monoisotopic (exact) mass is 392 g/mol. The van der Waals surface area contributed by atoms with E-state index in [1.807, 2.05) is 10.3 Å². The molecule has 0 aliphatic carbocycles. The van der Waals surface area contributed by atoms with Crippen LogP contribution in [0.15, 0.2) is 24.0 Å². The molecular formula is C17H24N6O3S. The maximum absolute atomic E-state index is 12.3. The van der Waals surface area contributed by atoms with E-state index in [0.29, 0.717) is 16.9 Å². The third kappa shape index (κ3) is 6.91. The molecule has 3 heterocycles. The first kappa shape index (κ1) is 20.7. The van der Waals surface area contributed by atoms with Crippen molar-refractivity contribution in [1.29, 1.82) is 0 Å². The van der Waals surface area contributed by atoms with Gasteiger partial charge in [-0.25, -0.2) is 9.97 Å². The van der Waals surface area contributed by atoms with E-state index in [-0.39, 0.29) is 12.4 Å². The second-order valence-corrected chi connectivity index (χ2v) is 6.89. The zero-order valence-electron chi connectivity index (χ0n) is 15.0. The number of nitrogens with zero attached hydrogens (tertiary/aromatic N) is 4. The number of aryl methyl sites for hydroxylation is 1. The normalized spacial score (nSPS) is 14.3. The smallest absolute Gasteiger partial charge is 0.290 e. The number of anilines is 1. The number of aromatic nitrogens is 3. The van der Waals surface area contributed by atoms with Gasteiger partial charge in [-0.1, -0.05) is 0 Å². The highest BCUT2D eigenvalue weighted by molar-refractivity contribution is 7.13. The first-order chi connectivity index (χ1) is 13.1. The van der Waals surface area contributed by atoms with Crippen molar-refractivity contribution < 1.29 is 14.7 Å². The van der Waals surface area contributed by atoms with Crippen LogP contribution in [0.4, 0.5) is 5.13 Å². The van der Waals surface area contributed by atoms with Crippen LogP contribution in [0.2, 0.25) is 0 Å². The van der Waals surface area contributed by atoms with E-state index in [9.17, 15) is 4.79 Å². The molecule has 0 unspecified atom stereocenters. The van der Waals surface area contributed by atoms with E-state index in [0.717, 1.165) is 51.0 Å². The number of carbonyl (C=O) groups is 2. The van der Waals surface area contributed by atoms with E-state index in [2.05, 4.69) is 20.3 Å². The van der Waals surface area contributed by atoms with Crippen molar-refractivity contribution in [3.63, 3.8) is 0 Å². The molecule has 10 heteroatoms. The number of likely N-dealkylation sites (tertiary alicyclic amines) is 1. The van der Waals surface area contributed by atoms with Gasteiger partial charge in [0.15, 0.2) is 5.13 Å². The van der Waals surface area contributed by atoms with Crippen molar-refractivity contribution in [2.75, 3.05) is 25.4 Å². The highest BCUT2D eigenvalue weighted by atomic mass is 32.1. The molecule has 2 aromatic rings. The number of amides is 1. The number of hydrogen-bond acceptors (Lipinski definition) is 8. The Hall–Kier alpha value is -2.59. The summed E-state index contributed by atoms with van der Waals surface area (Å²) in [6, 6.07) is 0.469. The summed E-state index contributed by atoms with van der Waals surface area (Å²) < 4.78 is 0. The minimum absolute atomic E-state index is 0.0253. The third-order valence-electron chi connectivity index (χ3n) is 4.18. The van der Waals surface area contributed by atoms with Crippen molar-refractivity contribution in [3.8, 4) is 0 Å². The average Bonchev–Trinajstić information content (AvgIpc) is 3.12. The summed E-state index contributed by atoms with van der Waals surface area (Å²) in [4.78, 5) is 34.8. The first-order valence-electron chi connectivity index (χ1n) is 8.70. The van der Waals surface area contributed by atoms with Gasteiger partial charge < -0.3 is 21.1 Å². The van der Waals surface area contributed by atoms with Crippen LogP contribution in [-0.2, 0) is 11.2 Å². The second-order valence-electron chi connectivity index (χ2n) is 6.00. The topological polar surface area (TPSA) is 134 Å². The molecule has 0 atom stereocenters. The lowest BCUT2D eigenvalue weighted by molar-refractivity contribution is -0.122. The predicted octanol–water partition coefficient (Wildman–Crippen LogP) is 1.04. The lowest BCUT2D eigenvalue weighted by Gasteiger charge is -2.32. The van der Waals surface area contributed by atoms with E-state index < -0.39 is 0 Å². The lowest BCUT2D eigenvalue weighted by atomic mass is 10.0. The number of hydrogen-bond donors (Lipinski definition) is 3. The SMILES string of the molecule is Nc1nc(CCCNC2CCN(C(=O)c3cnccn3)CC2)cs1.O=CO. The number of thiazole rings is 1. The Morgan fingerprint density at radius 3 is 2.74 bits per heavy atom. The van der Waals surface area contributed by atoms with Crippen LogP contribution in [0, 0.1) is 0 Å². The number of nitrogen functional groups attached to an aromatic ring is 1. The van der Waals surface area contributed by atoms with Crippen molar-refractivity contribution in [3.05, 3.63) is 35.4 Å². The Labute approximate surface area is 161 Å². The Kier molecular flexibility index (Phi) is 8.59. The fraction of sp³-hybridized carbons (Fsp3) is 0.471. The average molecular weight is 392 g/mol. The standard InChI is InChI=1S/C16H22N6OS.CH2O2/c17-16-21-13(11-24-16)2-1-5-19-12-3-8-22(9-4-12)15(23)14-10-18-6-7-20-14;2-1-3/h6-7,10-12,19H,1-5,8-9H2,(H2,17,21);1H,(H,2,3).